The van der Waals surface area contributed by atoms with E-state index in [-0.39, 0.29) is 21.4 Å². The van der Waals surface area contributed by atoms with Crippen molar-refractivity contribution >= 4 is 23.2 Å². The second-order valence-corrected chi connectivity index (χ2v) is 3.01. The summed E-state index contributed by atoms with van der Waals surface area (Å²) < 4.78 is 27.7. The Bertz CT molecular complexity index is 390. The minimum absolute atomic E-state index is 0.0773. The van der Waals surface area contributed by atoms with Crippen LogP contribution < -0.4 is 4.74 Å². The lowest BCUT2D eigenvalue weighted by molar-refractivity contribution is -0.0497. The van der Waals surface area contributed by atoms with Gasteiger partial charge in [0.1, 0.15) is 16.8 Å². The van der Waals surface area contributed by atoms with Crippen LogP contribution in [0.15, 0.2) is 12.1 Å². The molecule has 6 heteroatoms. The van der Waals surface area contributed by atoms with Crippen molar-refractivity contribution in [3.63, 3.8) is 0 Å². The molecule has 2 nitrogen and oxygen atoms in total. The molecule has 0 fully saturated rings. The molecule has 0 saturated carbocycles. The molecule has 1 aromatic carbocycles. The maximum absolute atomic E-state index is 11.8. The Morgan fingerprint density at radius 3 is 2.50 bits per heavy atom. The van der Waals surface area contributed by atoms with E-state index in [0.717, 1.165) is 0 Å². The second kappa shape index (κ2) is 4.45. The van der Waals surface area contributed by atoms with Crippen molar-refractivity contribution in [1.82, 2.24) is 0 Å². The molecule has 14 heavy (non-hydrogen) atoms. The van der Waals surface area contributed by atoms with Gasteiger partial charge in [0.05, 0.1) is 10.6 Å². The van der Waals surface area contributed by atoms with Gasteiger partial charge in [-0.1, -0.05) is 23.2 Å². The number of halogens is 4. The van der Waals surface area contributed by atoms with E-state index in [1.165, 1.54) is 12.1 Å². The minimum atomic E-state index is -2.99. The SMILES string of the molecule is N#Cc1c(Cl)ccc(OC(F)F)c1Cl. The Kier molecular flexibility index (Phi) is 3.50. The zero-order valence-corrected chi connectivity index (χ0v) is 8.11. The lowest BCUT2D eigenvalue weighted by Gasteiger charge is -2.07. The zero-order valence-electron chi connectivity index (χ0n) is 6.60. The van der Waals surface area contributed by atoms with Crippen molar-refractivity contribution in [1.29, 1.82) is 5.26 Å². The smallest absolute Gasteiger partial charge is 0.387 e. The number of hydrogen-bond acceptors (Lipinski definition) is 2. The summed E-state index contributed by atoms with van der Waals surface area (Å²) in [5, 5.41) is 8.48. The molecule has 1 rings (SSSR count). The monoisotopic (exact) mass is 237 g/mol. The summed E-state index contributed by atoms with van der Waals surface area (Å²) in [5.74, 6) is -0.261. The Hall–Kier alpha value is -1.05. The molecule has 0 bridgehead atoms. The highest BCUT2D eigenvalue weighted by molar-refractivity contribution is 6.37. The summed E-state index contributed by atoms with van der Waals surface area (Å²) in [6.07, 6.45) is 0. The third-order valence-corrected chi connectivity index (χ3v) is 2.07. The van der Waals surface area contributed by atoms with Crippen LogP contribution in [0.5, 0.6) is 5.75 Å². The molecule has 0 spiro atoms. The van der Waals surface area contributed by atoms with Gasteiger partial charge in [0, 0.05) is 0 Å². The van der Waals surface area contributed by atoms with E-state index in [4.69, 9.17) is 28.5 Å². The Labute approximate surface area is 88.6 Å². The van der Waals surface area contributed by atoms with Gasteiger partial charge in [0.25, 0.3) is 0 Å². The van der Waals surface area contributed by atoms with Crippen LogP contribution in [0, 0.1) is 11.3 Å². The van der Waals surface area contributed by atoms with Gasteiger partial charge in [-0.3, -0.25) is 0 Å². The predicted octanol–water partition coefficient (Wildman–Crippen LogP) is 3.47. The molecule has 1 aromatic rings. The molecule has 0 unspecified atom stereocenters. The quantitative estimate of drug-likeness (QED) is 0.790. The van der Waals surface area contributed by atoms with Gasteiger partial charge < -0.3 is 4.74 Å². The van der Waals surface area contributed by atoms with Gasteiger partial charge in [-0.15, -0.1) is 0 Å². The van der Waals surface area contributed by atoms with Gasteiger partial charge in [0.2, 0.25) is 0 Å². The molecular formula is C8H3Cl2F2NO. The van der Waals surface area contributed by atoms with Crippen LogP contribution in [0.2, 0.25) is 10.0 Å². The third kappa shape index (κ3) is 2.25. The van der Waals surface area contributed by atoms with Crippen LogP contribution in [-0.4, -0.2) is 6.61 Å². The standard InChI is InChI=1S/C8H3Cl2F2NO/c9-5-1-2-6(14-8(11)12)7(10)4(5)3-13/h1-2,8H. The van der Waals surface area contributed by atoms with Crippen molar-refractivity contribution in [3.05, 3.63) is 27.7 Å². The first-order valence-electron chi connectivity index (χ1n) is 3.39. The van der Waals surface area contributed by atoms with E-state index in [2.05, 4.69) is 4.74 Å². The lowest BCUT2D eigenvalue weighted by atomic mass is 10.2. The van der Waals surface area contributed by atoms with E-state index >= 15 is 0 Å². The van der Waals surface area contributed by atoms with Crippen molar-refractivity contribution in [2.24, 2.45) is 0 Å². The number of rotatable bonds is 2. The van der Waals surface area contributed by atoms with Crippen LogP contribution in [-0.2, 0) is 0 Å². The number of hydrogen-bond donors (Lipinski definition) is 0. The number of nitriles is 1. The largest absolute Gasteiger partial charge is 0.433 e. The second-order valence-electron chi connectivity index (χ2n) is 2.22. The van der Waals surface area contributed by atoms with E-state index < -0.39 is 6.61 Å². The molecule has 0 N–H and O–H groups in total. The maximum atomic E-state index is 11.8. The molecule has 0 radical (unpaired) electrons. The highest BCUT2D eigenvalue weighted by Gasteiger charge is 2.14. The number of nitrogens with zero attached hydrogens (tertiary/aromatic N) is 1. The van der Waals surface area contributed by atoms with Gasteiger partial charge >= 0.3 is 6.61 Å². The van der Waals surface area contributed by atoms with Crippen LogP contribution >= 0.6 is 23.2 Å². The number of alkyl halides is 2. The highest BCUT2D eigenvalue weighted by atomic mass is 35.5. The normalized spacial score (nSPS) is 10.0. The summed E-state index contributed by atoms with van der Waals surface area (Å²) >= 11 is 11.2. The van der Waals surface area contributed by atoms with Crippen LogP contribution in [0.1, 0.15) is 5.56 Å². The third-order valence-electron chi connectivity index (χ3n) is 1.38. The average Bonchev–Trinajstić information content (AvgIpc) is 2.10. The fourth-order valence-corrected chi connectivity index (χ4v) is 1.32. The Morgan fingerprint density at radius 1 is 1.36 bits per heavy atom. The molecule has 0 atom stereocenters. The van der Waals surface area contributed by atoms with Gasteiger partial charge in [-0.05, 0) is 12.1 Å². The predicted molar refractivity (Wildman–Crippen MR) is 47.8 cm³/mol. The molecule has 0 aliphatic carbocycles. The Morgan fingerprint density at radius 2 is 2.00 bits per heavy atom. The zero-order chi connectivity index (χ0) is 10.7. The molecule has 0 aliphatic rings. The van der Waals surface area contributed by atoms with Gasteiger partial charge in [0.15, 0.2) is 0 Å². The van der Waals surface area contributed by atoms with E-state index in [9.17, 15) is 8.78 Å². The van der Waals surface area contributed by atoms with Crippen molar-refractivity contribution in [2.45, 2.75) is 6.61 Å². The Balaban J connectivity index is 3.16. The van der Waals surface area contributed by atoms with Crippen LogP contribution in [0.4, 0.5) is 8.78 Å². The average molecular weight is 238 g/mol. The first-order chi connectivity index (χ1) is 6.56. The highest BCUT2D eigenvalue weighted by Crippen LogP contribution is 2.33. The summed E-state index contributed by atoms with van der Waals surface area (Å²) in [6.45, 7) is -2.99. The van der Waals surface area contributed by atoms with Crippen molar-refractivity contribution < 1.29 is 13.5 Å². The maximum Gasteiger partial charge on any atom is 0.387 e. The van der Waals surface area contributed by atoms with E-state index in [0.29, 0.717) is 0 Å². The van der Waals surface area contributed by atoms with E-state index in [1.807, 2.05) is 0 Å². The van der Waals surface area contributed by atoms with Gasteiger partial charge in [-0.25, -0.2) is 0 Å². The van der Waals surface area contributed by atoms with Gasteiger partial charge in [-0.2, -0.15) is 14.0 Å². The summed E-state index contributed by atoms with van der Waals surface area (Å²) in [4.78, 5) is 0. The number of ether oxygens (including phenoxy) is 1. The van der Waals surface area contributed by atoms with Crippen LogP contribution in [0.3, 0.4) is 0 Å². The molecule has 0 aromatic heterocycles. The van der Waals surface area contributed by atoms with Crippen LogP contribution in [0.25, 0.3) is 0 Å². The van der Waals surface area contributed by atoms with Crippen molar-refractivity contribution in [2.75, 3.05) is 0 Å². The fourth-order valence-electron chi connectivity index (χ4n) is 0.823. The number of benzene rings is 1. The molecule has 0 aliphatic heterocycles. The summed E-state index contributed by atoms with van der Waals surface area (Å²) in [5.41, 5.74) is -0.0773. The lowest BCUT2D eigenvalue weighted by Crippen LogP contribution is -2.02. The first kappa shape index (κ1) is 11.0. The minimum Gasteiger partial charge on any atom is -0.433 e. The first-order valence-corrected chi connectivity index (χ1v) is 4.14. The topological polar surface area (TPSA) is 33.0 Å². The molecular weight excluding hydrogens is 235 g/mol. The summed E-state index contributed by atoms with van der Waals surface area (Å²) in [7, 11) is 0. The van der Waals surface area contributed by atoms with E-state index in [1.54, 1.807) is 6.07 Å². The van der Waals surface area contributed by atoms with Crippen molar-refractivity contribution in [3.8, 4) is 11.8 Å². The molecule has 0 saturated heterocycles. The summed E-state index contributed by atoms with van der Waals surface area (Å²) in [6, 6.07) is 4.13. The molecule has 0 heterocycles. The molecule has 74 valence electrons. The molecule has 0 amide bonds. The fraction of sp³-hybridized carbons (Fsp3) is 0.125.